The number of anilines is 2. The molecule has 0 aliphatic carbocycles. The number of aliphatic hydroxyl groups is 1. The normalized spacial score (nSPS) is 12.8. The third-order valence-corrected chi connectivity index (χ3v) is 5.07. The highest BCUT2D eigenvalue weighted by atomic mass is 16.5. The first-order valence-electron chi connectivity index (χ1n) is 10.5. The monoisotopic (exact) mass is 428 g/mol. The van der Waals surface area contributed by atoms with E-state index in [0.29, 0.717) is 35.7 Å². The summed E-state index contributed by atoms with van der Waals surface area (Å²) in [5.41, 5.74) is 14.4. The number of aromatic nitrogens is 5. The van der Waals surface area contributed by atoms with E-state index in [9.17, 15) is 5.11 Å². The number of aliphatic hydroxyl groups excluding tert-OH is 1. The van der Waals surface area contributed by atoms with Gasteiger partial charge in [-0.05, 0) is 38.8 Å². The lowest BCUT2D eigenvalue weighted by Crippen LogP contribution is -2.30. The van der Waals surface area contributed by atoms with Crippen molar-refractivity contribution in [3.8, 4) is 5.75 Å². The van der Waals surface area contributed by atoms with Crippen LogP contribution in [0.25, 0.3) is 11.0 Å². The average molecular weight is 429 g/mol. The van der Waals surface area contributed by atoms with Crippen molar-refractivity contribution in [2.75, 3.05) is 24.8 Å². The Morgan fingerprint density at radius 3 is 2.65 bits per heavy atom. The number of nitrogen functional groups attached to an aromatic ring is 1. The number of hydrogen-bond donors (Lipinski definition) is 4. The first kappa shape index (κ1) is 22.7. The van der Waals surface area contributed by atoms with E-state index in [1.165, 1.54) is 0 Å². The SMILES string of the molecule is CCCC(CCO)Nc1nc(N)nc2cnn(Cc3nc(C(C)(C)N)ccc3OC)c12. The van der Waals surface area contributed by atoms with Crippen LogP contribution in [0, 0.1) is 0 Å². The number of nitrogens with two attached hydrogens (primary N) is 2. The van der Waals surface area contributed by atoms with Gasteiger partial charge in [-0.1, -0.05) is 13.3 Å². The molecule has 10 nitrogen and oxygen atoms in total. The Balaban J connectivity index is 2.04. The smallest absolute Gasteiger partial charge is 0.222 e. The van der Waals surface area contributed by atoms with Crippen LogP contribution in [-0.4, -0.2) is 49.6 Å². The Bertz CT molecular complexity index is 1020. The molecular formula is C21H32N8O2. The molecule has 3 aromatic rings. The number of nitrogens with zero attached hydrogens (tertiary/aromatic N) is 5. The fourth-order valence-electron chi connectivity index (χ4n) is 3.51. The first-order chi connectivity index (χ1) is 14.8. The van der Waals surface area contributed by atoms with Crippen LogP contribution in [0.15, 0.2) is 18.3 Å². The van der Waals surface area contributed by atoms with Gasteiger partial charge in [0.15, 0.2) is 5.82 Å². The van der Waals surface area contributed by atoms with Crippen LogP contribution in [0.5, 0.6) is 5.75 Å². The Hall–Kier alpha value is -2.98. The van der Waals surface area contributed by atoms with E-state index >= 15 is 0 Å². The molecule has 0 amide bonds. The summed E-state index contributed by atoms with van der Waals surface area (Å²) in [6.07, 6.45) is 4.13. The molecular weight excluding hydrogens is 396 g/mol. The van der Waals surface area contributed by atoms with Crippen molar-refractivity contribution in [2.24, 2.45) is 5.73 Å². The average Bonchev–Trinajstić information content (AvgIpc) is 3.10. The third kappa shape index (κ3) is 5.20. The molecule has 3 heterocycles. The molecule has 3 rings (SSSR count). The lowest BCUT2D eigenvalue weighted by Gasteiger charge is -2.20. The summed E-state index contributed by atoms with van der Waals surface area (Å²) in [5, 5.41) is 17.3. The number of rotatable bonds is 10. The molecule has 1 unspecified atom stereocenters. The maximum absolute atomic E-state index is 9.42. The molecule has 3 aromatic heterocycles. The van der Waals surface area contributed by atoms with Gasteiger partial charge in [0.25, 0.3) is 0 Å². The lowest BCUT2D eigenvalue weighted by molar-refractivity contribution is 0.276. The lowest BCUT2D eigenvalue weighted by atomic mass is 10.0. The van der Waals surface area contributed by atoms with Crippen molar-refractivity contribution in [1.29, 1.82) is 0 Å². The Kier molecular flexibility index (Phi) is 6.91. The van der Waals surface area contributed by atoms with Gasteiger partial charge in [-0.2, -0.15) is 10.1 Å². The van der Waals surface area contributed by atoms with Crippen molar-refractivity contribution in [1.82, 2.24) is 24.7 Å². The number of pyridine rings is 1. The molecule has 0 fully saturated rings. The summed E-state index contributed by atoms with van der Waals surface area (Å²) < 4.78 is 7.29. The van der Waals surface area contributed by atoms with Crippen LogP contribution in [-0.2, 0) is 12.1 Å². The van der Waals surface area contributed by atoms with Crippen molar-refractivity contribution in [3.63, 3.8) is 0 Å². The Morgan fingerprint density at radius 2 is 2.00 bits per heavy atom. The van der Waals surface area contributed by atoms with Gasteiger partial charge < -0.3 is 26.6 Å². The van der Waals surface area contributed by atoms with Gasteiger partial charge in [-0.15, -0.1) is 0 Å². The standard InChI is InChI=1S/C21H32N8O2/c1-5-6-13(9-10-30)25-19-18-14(27-20(22)28-19)11-24-29(18)12-15-16(31-4)7-8-17(26-15)21(2,3)23/h7-8,11,13,30H,5-6,9-10,12,23H2,1-4H3,(H3,22,25,27,28). The fraction of sp³-hybridized carbons (Fsp3) is 0.524. The number of fused-ring (bicyclic) bond motifs is 1. The molecule has 10 heteroatoms. The van der Waals surface area contributed by atoms with E-state index in [-0.39, 0.29) is 18.6 Å². The summed E-state index contributed by atoms with van der Waals surface area (Å²) in [7, 11) is 1.61. The third-order valence-electron chi connectivity index (χ3n) is 5.07. The molecule has 0 saturated carbocycles. The molecule has 0 aliphatic rings. The Labute approximate surface area is 182 Å². The molecule has 168 valence electrons. The molecule has 31 heavy (non-hydrogen) atoms. The molecule has 0 saturated heterocycles. The van der Waals surface area contributed by atoms with Crippen LogP contribution >= 0.6 is 0 Å². The van der Waals surface area contributed by atoms with Gasteiger partial charge in [-0.3, -0.25) is 9.67 Å². The predicted molar refractivity (Wildman–Crippen MR) is 121 cm³/mol. The van der Waals surface area contributed by atoms with E-state index in [0.717, 1.165) is 24.1 Å². The van der Waals surface area contributed by atoms with E-state index in [1.54, 1.807) is 18.0 Å². The van der Waals surface area contributed by atoms with E-state index in [4.69, 9.17) is 21.2 Å². The highest BCUT2D eigenvalue weighted by molar-refractivity contribution is 5.86. The maximum atomic E-state index is 9.42. The molecule has 0 radical (unpaired) electrons. The minimum absolute atomic E-state index is 0.0601. The number of methoxy groups -OCH3 is 1. The summed E-state index contributed by atoms with van der Waals surface area (Å²) in [6.45, 7) is 6.34. The Morgan fingerprint density at radius 1 is 1.23 bits per heavy atom. The zero-order valence-corrected chi connectivity index (χ0v) is 18.6. The summed E-state index contributed by atoms with van der Waals surface area (Å²) in [6, 6.07) is 3.79. The molecule has 6 N–H and O–H groups in total. The zero-order valence-electron chi connectivity index (χ0n) is 18.6. The van der Waals surface area contributed by atoms with Crippen molar-refractivity contribution >= 4 is 22.8 Å². The van der Waals surface area contributed by atoms with Crippen LogP contribution in [0.3, 0.4) is 0 Å². The van der Waals surface area contributed by atoms with Crippen molar-refractivity contribution < 1.29 is 9.84 Å². The highest BCUT2D eigenvalue weighted by Crippen LogP contribution is 2.27. The minimum atomic E-state index is -0.588. The summed E-state index contributed by atoms with van der Waals surface area (Å²) in [5.74, 6) is 1.39. The predicted octanol–water partition coefficient (Wildman–Crippen LogP) is 2.02. The van der Waals surface area contributed by atoms with E-state index in [2.05, 4.69) is 27.3 Å². The molecule has 0 bridgehead atoms. The topological polar surface area (TPSA) is 150 Å². The summed E-state index contributed by atoms with van der Waals surface area (Å²) >= 11 is 0. The van der Waals surface area contributed by atoms with Crippen LogP contribution < -0.4 is 21.5 Å². The van der Waals surface area contributed by atoms with Gasteiger partial charge in [0.1, 0.15) is 22.5 Å². The number of ether oxygens (including phenoxy) is 1. The van der Waals surface area contributed by atoms with Crippen molar-refractivity contribution in [3.05, 3.63) is 29.7 Å². The highest BCUT2D eigenvalue weighted by Gasteiger charge is 2.21. The zero-order chi connectivity index (χ0) is 22.6. The summed E-state index contributed by atoms with van der Waals surface area (Å²) in [4.78, 5) is 13.5. The first-order valence-corrected chi connectivity index (χ1v) is 10.5. The van der Waals surface area contributed by atoms with Crippen LogP contribution in [0.4, 0.5) is 11.8 Å². The molecule has 0 aromatic carbocycles. The van der Waals surface area contributed by atoms with Gasteiger partial charge in [0.2, 0.25) is 5.95 Å². The second-order valence-corrected chi connectivity index (χ2v) is 8.18. The molecule has 0 aliphatic heterocycles. The second-order valence-electron chi connectivity index (χ2n) is 8.18. The van der Waals surface area contributed by atoms with Crippen molar-refractivity contribution in [2.45, 2.75) is 58.2 Å². The van der Waals surface area contributed by atoms with Crippen LogP contribution in [0.1, 0.15) is 51.4 Å². The fourth-order valence-corrected chi connectivity index (χ4v) is 3.51. The number of hydrogen-bond acceptors (Lipinski definition) is 9. The van der Waals surface area contributed by atoms with Gasteiger partial charge in [0.05, 0.1) is 31.1 Å². The second kappa shape index (κ2) is 9.44. The van der Waals surface area contributed by atoms with Crippen LogP contribution in [0.2, 0.25) is 0 Å². The van der Waals surface area contributed by atoms with Gasteiger partial charge in [0, 0.05) is 12.6 Å². The quantitative estimate of drug-likeness (QED) is 0.380. The van der Waals surface area contributed by atoms with Gasteiger partial charge >= 0.3 is 0 Å². The number of nitrogens with one attached hydrogen (secondary N) is 1. The largest absolute Gasteiger partial charge is 0.495 e. The van der Waals surface area contributed by atoms with E-state index < -0.39 is 5.54 Å². The van der Waals surface area contributed by atoms with Gasteiger partial charge in [-0.25, -0.2) is 4.98 Å². The maximum Gasteiger partial charge on any atom is 0.222 e. The molecule has 1 atom stereocenters. The minimum Gasteiger partial charge on any atom is -0.495 e. The molecule has 0 spiro atoms. The van der Waals surface area contributed by atoms with E-state index in [1.807, 2.05) is 26.0 Å².